The minimum atomic E-state index is -4.52. The zero-order valence-corrected chi connectivity index (χ0v) is 8.47. The van der Waals surface area contributed by atoms with Crippen LogP contribution in [-0.4, -0.2) is 13.4 Å². The Kier molecular flexibility index (Phi) is 4.12. The summed E-state index contributed by atoms with van der Waals surface area (Å²) in [4.78, 5) is 0. The van der Waals surface area contributed by atoms with Crippen LogP contribution in [0.4, 0.5) is 17.6 Å². The van der Waals surface area contributed by atoms with Gasteiger partial charge in [0.15, 0.2) is 18.4 Å². The predicted octanol–water partition coefficient (Wildman–Crippen LogP) is 3.22. The molecule has 0 aliphatic carbocycles. The molecule has 0 atom stereocenters. The Hall–Kier alpha value is -1.30. The third kappa shape index (κ3) is 3.37. The third-order valence-corrected chi connectivity index (χ3v) is 1.76. The first-order valence-corrected chi connectivity index (χ1v) is 4.52. The SMILES string of the molecule is CCOCOc1cc(C(F)(F)F)ccc1F. The molecule has 6 heteroatoms. The van der Waals surface area contributed by atoms with E-state index >= 15 is 0 Å². The van der Waals surface area contributed by atoms with Crippen molar-refractivity contribution in [3.8, 4) is 5.75 Å². The summed E-state index contributed by atoms with van der Waals surface area (Å²) in [6, 6.07) is 1.97. The Morgan fingerprint density at radius 1 is 1.25 bits per heavy atom. The van der Waals surface area contributed by atoms with Crippen molar-refractivity contribution < 1.29 is 27.0 Å². The van der Waals surface area contributed by atoms with Crippen molar-refractivity contribution in [1.82, 2.24) is 0 Å². The van der Waals surface area contributed by atoms with E-state index in [-0.39, 0.29) is 6.79 Å². The standard InChI is InChI=1S/C10H10F4O2/c1-2-15-6-16-9-5-7(10(12,13)14)3-4-8(9)11/h3-5H,2,6H2,1H3. The van der Waals surface area contributed by atoms with Gasteiger partial charge < -0.3 is 9.47 Å². The largest absolute Gasteiger partial charge is 0.464 e. The van der Waals surface area contributed by atoms with Gasteiger partial charge in [0.25, 0.3) is 0 Å². The van der Waals surface area contributed by atoms with Gasteiger partial charge in [-0.2, -0.15) is 13.2 Å². The maximum Gasteiger partial charge on any atom is 0.416 e. The minimum Gasteiger partial charge on any atom is -0.464 e. The van der Waals surface area contributed by atoms with E-state index in [4.69, 9.17) is 9.47 Å². The lowest BCUT2D eigenvalue weighted by Crippen LogP contribution is -2.08. The van der Waals surface area contributed by atoms with Gasteiger partial charge in [-0.3, -0.25) is 0 Å². The fourth-order valence-corrected chi connectivity index (χ4v) is 0.979. The normalized spacial score (nSPS) is 11.6. The average molecular weight is 238 g/mol. The maximum absolute atomic E-state index is 13.0. The minimum absolute atomic E-state index is 0.283. The van der Waals surface area contributed by atoms with Crippen molar-refractivity contribution in [3.05, 3.63) is 29.6 Å². The van der Waals surface area contributed by atoms with Gasteiger partial charge in [0, 0.05) is 6.61 Å². The second kappa shape index (κ2) is 5.16. The van der Waals surface area contributed by atoms with Gasteiger partial charge in [-0.05, 0) is 25.1 Å². The summed E-state index contributed by atoms with van der Waals surface area (Å²) in [5, 5.41) is 0. The van der Waals surface area contributed by atoms with Crippen LogP contribution in [0.1, 0.15) is 12.5 Å². The molecule has 0 saturated carbocycles. The van der Waals surface area contributed by atoms with Crippen LogP contribution in [0.25, 0.3) is 0 Å². The highest BCUT2D eigenvalue weighted by Gasteiger charge is 2.31. The van der Waals surface area contributed by atoms with Gasteiger partial charge in [-0.25, -0.2) is 4.39 Å². The first-order chi connectivity index (χ1) is 7.45. The second-order valence-electron chi connectivity index (χ2n) is 2.90. The van der Waals surface area contributed by atoms with Gasteiger partial charge in [0.05, 0.1) is 5.56 Å². The molecule has 0 N–H and O–H groups in total. The van der Waals surface area contributed by atoms with E-state index in [0.29, 0.717) is 24.8 Å². The van der Waals surface area contributed by atoms with Crippen molar-refractivity contribution in [3.63, 3.8) is 0 Å². The molecule has 0 heterocycles. The second-order valence-corrected chi connectivity index (χ2v) is 2.90. The monoisotopic (exact) mass is 238 g/mol. The van der Waals surface area contributed by atoms with Crippen molar-refractivity contribution in [2.75, 3.05) is 13.4 Å². The Morgan fingerprint density at radius 3 is 2.50 bits per heavy atom. The summed E-state index contributed by atoms with van der Waals surface area (Å²) >= 11 is 0. The molecule has 0 aromatic heterocycles. The number of ether oxygens (including phenoxy) is 2. The number of alkyl halides is 3. The van der Waals surface area contributed by atoms with Crippen molar-refractivity contribution in [1.29, 1.82) is 0 Å². The number of rotatable bonds is 4. The molecular weight excluding hydrogens is 228 g/mol. The molecule has 0 aliphatic rings. The lowest BCUT2D eigenvalue weighted by molar-refractivity contribution is -0.137. The topological polar surface area (TPSA) is 18.5 Å². The highest BCUT2D eigenvalue weighted by Crippen LogP contribution is 2.32. The number of hydrogen-bond donors (Lipinski definition) is 0. The summed E-state index contributed by atoms with van der Waals surface area (Å²) < 4.78 is 59.3. The van der Waals surface area contributed by atoms with Crippen LogP contribution in [0.5, 0.6) is 5.75 Å². The fraction of sp³-hybridized carbons (Fsp3) is 0.400. The van der Waals surface area contributed by atoms with E-state index in [1.165, 1.54) is 0 Å². The Labute approximate surface area is 89.8 Å². The molecule has 0 unspecified atom stereocenters. The van der Waals surface area contributed by atoms with Crippen LogP contribution in [0.2, 0.25) is 0 Å². The van der Waals surface area contributed by atoms with Gasteiger partial charge in [0.1, 0.15) is 0 Å². The molecule has 1 aromatic carbocycles. The van der Waals surface area contributed by atoms with Crippen LogP contribution in [-0.2, 0) is 10.9 Å². The summed E-state index contributed by atoms with van der Waals surface area (Å²) in [5.41, 5.74) is -0.958. The Bertz CT molecular complexity index is 349. The van der Waals surface area contributed by atoms with E-state index < -0.39 is 23.3 Å². The molecule has 0 spiro atoms. The van der Waals surface area contributed by atoms with E-state index in [1.807, 2.05) is 0 Å². The summed E-state index contributed by atoms with van der Waals surface area (Å²) in [6.07, 6.45) is -4.52. The highest BCUT2D eigenvalue weighted by atomic mass is 19.4. The fourth-order valence-electron chi connectivity index (χ4n) is 0.979. The van der Waals surface area contributed by atoms with E-state index in [0.717, 1.165) is 0 Å². The van der Waals surface area contributed by atoms with E-state index in [9.17, 15) is 17.6 Å². The lowest BCUT2D eigenvalue weighted by Gasteiger charge is -2.10. The molecule has 0 fully saturated rings. The van der Waals surface area contributed by atoms with Crippen LogP contribution in [0.3, 0.4) is 0 Å². The van der Waals surface area contributed by atoms with E-state index in [2.05, 4.69) is 0 Å². The van der Waals surface area contributed by atoms with Gasteiger partial charge >= 0.3 is 6.18 Å². The quantitative estimate of drug-likeness (QED) is 0.455. The van der Waals surface area contributed by atoms with Crippen LogP contribution in [0.15, 0.2) is 18.2 Å². The van der Waals surface area contributed by atoms with Crippen LogP contribution < -0.4 is 4.74 Å². The Balaban J connectivity index is 2.83. The zero-order valence-electron chi connectivity index (χ0n) is 8.47. The number of halogens is 4. The van der Waals surface area contributed by atoms with E-state index in [1.54, 1.807) is 6.92 Å². The molecule has 0 radical (unpaired) electrons. The summed E-state index contributed by atoms with van der Waals surface area (Å²) in [7, 11) is 0. The predicted molar refractivity (Wildman–Crippen MR) is 48.5 cm³/mol. The summed E-state index contributed by atoms with van der Waals surface area (Å²) in [6.45, 7) is 1.74. The molecule has 90 valence electrons. The molecule has 0 saturated heterocycles. The van der Waals surface area contributed by atoms with Crippen LogP contribution >= 0.6 is 0 Å². The number of hydrogen-bond acceptors (Lipinski definition) is 2. The van der Waals surface area contributed by atoms with Crippen molar-refractivity contribution in [2.45, 2.75) is 13.1 Å². The van der Waals surface area contributed by atoms with Gasteiger partial charge in [-0.15, -0.1) is 0 Å². The molecular formula is C10H10F4O2. The molecule has 0 bridgehead atoms. The number of benzene rings is 1. The molecule has 2 nitrogen and oxygen atoms in total. The lowest BCUT2D eigenvalue weighted by atomic mass is 10.2. The van der Waals surface area contributed by atoms with Crippen molar-refractivity contribution in [2.24, 2.45) is 0 Å². The smallest absolute Gasteiger partial charge is 0.416 e. The molecule has 1 aromatic rings. The molecule has 16 heavy (non-hydrogen) atoms. The molecule has 0 amide bonds. The van der Waals surface area contributed by atoms with Crippen molar-refractivity contribution >= 4 is 0 Å². The molecule has 0 aliphatic heterocycles. The highest BCUT2D eigenvalue weighted by molar-refractivity contribution is 5.31. The average Bonchev–Trinajstić information content (AvgIpc) is 2.19. The first kappa shape index (κ1) is 12.8. The zero-order chi connectivity index (χ0) is 12.2. The van der Waals surface area contributed by atoms with Crippen LogP contribution in [0, 0.1) is 5.82 Å². The first-order valence-electron chi connectivity index (χ1n) is 4.52. The molecule has 1 rings (SSSR count). The summed E-state index contributed by atoms with van der Waals surface area (Å²) in [5.74, 6) is -1.32. The van der Waals surface area contributed by atoms with Gasteiger partial charge in [-0.1, -0.05) is 0 Å². The van der Waals surface area contributed by atoms with Gasteiger partial charge in [0.2, 0.25) is 0 Å². The maximum atomic E-state index is 13.0. The third-order valence-electron chi connectivity index (χ3n) is 1.76. The Morgan fingerprint density at radius 2 is 1.94 bits per heavy atom.